The normalized spacial score (nSPS) is 23.9. The molecule has 1 amide bonds. The summed E-state index contributed by atoms with van der Waals surface area (Å²) in [6.45, 7) is 11.4. The average Bonchev–Trinajstić information content (AvgIpc) is 3.13. The Morgan fingerprint density at radius 3 is 2.17 bits per heavy atom. The SMILES string of the molecule is COc1ccc(CCNC(=O)C23CCC(C)(c4nc5cc(C)c(C)cc5nc42)C3(C)C)cc1OC. The van der Waals surface area contributed by atoms with Gasteiger partial charge in [-0.1, -0.05) is 26.8 Å². The number of carbonyl (C=O) groups is 1. The molecule has 0 spiro atoms. The van der Waals surface area contributed by atoms with Gasteiger partial charge in [0.25, 0.3) is 0 Å². The Labute approximate surface area is 207 Å². The molecule has 0 radical (unpaired) electrons. The Morgan fingerprint density at radius 1 is 0.914 bits per heavy atom. The van der Waals surface area contributed by atoms with E-state index in [0.717, 1.165) is 40.8 Å². The van der Waals surface area contributed by atoms with E-state index in [9.17, 15) is 4.79 Å². The van der Waals surface area contributed by atoms with E-state index in [0.29, 0.717) is 24.5 Å². The molecule has 1 fully saturated rings. The third-order valence-corrected chi connectivity index (χ3v) is 9.19. The number of nitrogens with zero attached hydrogens (tertiary/aromatic N) is 2. The summed E-state index contributed by atoms with van der Waals surface area (Å²) in [6.07, 6.45) is 2.42. The lowest BCUT2D eigenvalue weighted by Gasteiger charge is -2.39. The van der Waals surface area contributed by atoms with Gasteiger partial charge in [0.1, 0.15) is 0 Å². The first kappa shape index (κ1) is 23.6. The molecule has 6 nitrogen and oxygen atoms in total. The fraction of sp³-hybridized carbons (Fsp3) is 0.483. The number of amides is 1. The summed E-state index contributed by atoms with van der Waals surface area (Å²) in [5.74, 6) is 1.45. The molecule has 6 heteroatoms. The number of rotatable bonds is 6. The number of carbonyl (C=O) groups excluding carboxylic acids is 1. The maximum Gasteiger partial charge on any atom is 0.232 e. The highest BCUT2D eigenvalue weighted by Crippen LogP contribution is 2.70. The van der Waals surface area contributed by atoms with Crippen LogP contribution in [0.4, 0.5) is 0 Å². The van der Waals surface area contributed by atoms with Crippen molar-refractivity contribution in [2.24, 2.45) is 5.41 Å². The van der Waals surface area contributed by atoms with Crippen molar-refractivity contribution in [1.82, 2.24) is 15.3 Å². The fourth-order valence-electron chi connectivity index (χ4n) is 6.37. The number of benzene rings is 2. The molecule has 2 aliphatic carbocycles. The second kappa shape index (κ2) is 7.94. The van der Waals surface area contributed by atoms with E-state index in [2.05, 4.69) is 52.1 Å². The van der Waals surface area contributed by atoms with E-state index in [4.69, 9.17) is 19.4 Å². The molecule has 3 aromatic rings. The second-order valence-electron chi connectivity index (χ2n) is 10.9. The molecule has 35 heavy (non-hydrogen) atoms. The van der Waals surface area contributed by atoms with Crippen LogP contribution in [0.2, 0.25) is 0 Å². The molecule has 1 heterocycles. The Kier molecular flexibility index (Phi) is 5.35. The van der Waals surface area contributed by atoms with Gasteiger partial charge in [-0.2, -0.15) is 0 Å². The molecule has 5 rings (SSSR count). The van der Waals surface area contributed by atoms with Gasteiger partial charge in [0, 0.05) is 12.0 Å². The van der Waals surface area contributed by atoms with Crippen LogP contribution in [0.25, 0.3) is 11.0 Å². The monoisotopic (exact) mass is 473 g/mol. The van der Waals surface area contributed by atoms with Crippen LogP contribution in [0.15, 0.2) is 30.3 Å². The lowest BCUT2D eigenvalue weighted by atomic mass is 9.63. The predicted molar refractivity (Wildman–Crippen MR) is 137 cm³/mol. The minimum absolute atomic E-state index is 0.0583. The number of ether oxygens (including phenoxy) is 2. The summed E-state index contributed by atoms with van der Waals surface area (Å²) < 4.78 is 10.8. The number of hydrogen-bond donors (Lipinski definition) is 1. The van der Waals surface area contributed by atoms with E-state index >= 15 is 0 Å². The molecule has 1 N–H and O–H groups in total. The lowest BCUT2D eigenvalue weighted by molar-refractivity contribution is -0.130. The van der Waals surface area contributed by atoms with Crippen molar-refractivity contribution in [2.75, 3.05) is 20.8 Å². The lowest BCUT2D eigenvalue weighted by Crippen LogP contribution is -2.51. The van der Waals surface area contributed by atoms with Gasteiger partial charge in [0.15, 0.2) is 11.5 Å². The smallest absolute Gasteiger partial charge is 0.232 e. The average molecular weight is 474 g/mol. The second-order valence-corrected chi connectivity index (χ2v) is 10.9. The van der Waals surface area contributed by atoms with Crippen molar-refractivity contribution in [3.63, 3.8) is 0 Å². The maximum absolute atomic E-state index is 14.0. The molecule has 1 saturated carbocycles. The zero-order valence-corrected chi connectivity index (χ0v) is 21.8. The molecule has 1 aromatic heterocycles. The highest BCUT2D eigenvalue weighted by Gasteiger charge is 2.73. The number of hydrogen-bond acceptors (Lipinski definition) is 5. The van der Waals surface area contributed by atoms with E-state index in [1.165, 1.54) is 11.1 Å². The predicted octanol–water partition coefficient (Wildman–Crippen LogP) is 4.95. The van der Waals surface area contributed by atoms with Crippen LogP contribution >= 0.6 is 0 Å². The van der Waals surface area contributed by atoms with E-state index in [1.54, 1.807) is 14.2 Å². The molecule has 2 aliphatic rings. The molecule has 0 aliphatic heterocycles. The Bertz CT molecular complexity index is 1350. The molecule has 184 valence electrons. The summed E-state index contributed by atoms with van der Waals surface area (Å²) in [5, 5.41) is 3.26. The molecule has 2 aromatic carbocycles. The van der Waals surface area contributed by atoms with Crippen LogP contribution < -0.4 is 14.8 Å². The first-order valence-corrected chi connectivity index (χ1v) is 12.4. The highest BCUT2D eigenvalue weighted by molar-refractivity contribution is 5.93. The topological polar surface area (TPSA) is 73.3 Å². The Hall–Kier alpha value is -3.15. The molecule has 2 unspecified atom stereocenters. The fourth-order valence-corrected chi connectivity index (χ4v) is 6.37. The van der Waals surface area contributed by atoms with Gasteiger partial charge < -0.3 is 14.8 Å². The van der Waals surface area contributed by atoms with Gasteiger partial charge >= 0.3 is 0 Å². The molecular weight excluding hydrogens is 438 g/mol. The minimum Gasteiger partial charge on any atom is -0.493 e. The Balaban J connectivity index is 1.47. The van der Waals surface area contributed by atoms with E-state index < -0.39 is 5.41 Å². The zero-order chi connectivity index (χ0) is 25.2. The van der Waals surface area contributed by atoms with Gasteiger partial charge in [-0.25, -0.2) is 9.97 Å². The van der Waals surface area contributed by atoms with Gasteiger partial charge in [0.05, 0.1) is 42.1 Å². The van der Waals surface area contributed by atoms with Gasteiger partial charge in [0.2, 0.25) is 5.91 Å². The van der Waals surface area contributed by atoms with Crippen LogP contribution in [-0.2, 0) is 22.0 Å². The maximum atomic E-state index is 14.0. The molecule has 0 saturated heterocycles. The van der Waals surface area contributed by atoms with Crippen LogP contribution in [0.5, 0.6) is 11.5 Å². The van der Waals surface area contributed by atoms with Gasteiger partial charge in [-0.15, -0.1) is 0 Å². The number of methoxy groups -OCH3 is 2. The van der Waals surface area contributed by atoms with Gasteiger partial charge in [-0.3, -0.25) is 4.79 Å². The first-order chi connectivity index (χ1) is 16.6. The van der Waals surface area contributed by atoms with Gasteiger partial charge in [-0.05, 0) is 79.5 Å². The van der Waals surface area contributed by atoms with E-state index in [1.807, 2.05) is 18.2 Å². The van der Waals surface area contributed by atoms with Crippen LogP contribution in [0.3, 0.4) is 0 Å². The summed E-state index contributed by atoms with van der Waals surface area (Å²) in [7, 11) is 3.26. The van der Waals surface area contributed by atoms with Crippen molar-refractivity contribution in [2.45, 2.75) is 64.7 Å². The van der Waals surface area contributed by atoms with Crippen molar-refractivity contribution >= 4 is 16.9 Å². The van der Waals surface area contributed by atoms with Crippen LogP contribution in [-0.4, -0.2) is 36.6 Å². The van der Waals surface area contributed by atoms with E-state index in [-0.39, 0.29) is 16.7 Å². The number of aryl methyl sites for hydroxylation is 2. The number of aromatic nitrogens is 2. The number of fused-ring (bicyclic) bond motifs is 6. The minimum atomic E-state index is -0.686. The largest absolute Gasteiger partial charge is 0.493 e. The van der Waals surface area contributed by atoms with Crippen molar-refractivity contribution in [1.29, 1.82) is 0 Å². The highest BCUT2D eigenvalue weighted by atomic mass is 16.5. The standard InChI is InChI=1S/C29H35N3O3/c1-17-14-20-21(15-18(17)2)32-25-24(31-20)28(5)11-12-29(25,27(28,3)4)26(33)30-13-10-19-8-9-22(34-6)23(16-19)35-7/h8-9,14-16H,10-13H2,1-7H3,(H,30,33). The van der Waals surface area contributed by atoms with Crippen LogP contribution in [0.1, 0.15) is 61.7 Å². The summed E-state index contributed by atoms with van der Waals surface area (Å²) in [5.41, 5.74) is 5.97. The third-order valence-electron chi connectivity index (χ3n) is 9.19. The van der Waals surface area contributed by atoms with Crippen LogP contribution in [0, 0.1) is 19.3 Å². The summed E-state index contributed by atoms with van der Waals surface area (Å²) in [6, 6.07) is 10.1. The quantitative estimate of drug-likeness (QED) is 0.548. The molecule has 2 atom stereocenters. The first-order valence-electron chi connectivity index (χ1n) is 12.4. The van der Waals surface area contributed by atoms with Crippen molar-refractivity contribution in [3.05, 3.63) is 58.4 Å². The zero-order valence-electron chi connectivity index (χ0n) is 21.8. The Morgan fingerprint density at radius 2 is 1.54 bits per heavy atom. The summed E-state index contributed by atoms with van der Waals surface area (Å²) >= 11 is 0. The number of nitrogens with one attached hydrogen (secondary N) is 1. The van der Waals surface area contributed by atoms with Crippen molar-refractivity contribution in [3.8, 4) is 11.5 Å². The summed E-state index contributed by atoms with van der Waals surface area (Å²) in [4.78, 5) is 24.3. The molecular formula is C29H35N3O3. The third kappa shape index (κ3) is 3.11. The molecule has 2 bridgehead atoms. The van der Waals surface area contributed by atoms with Crippen molar-refractivity contribution < 1.29 is 14.3 Å².